The third kappa shape index (κ3) is 4.38. The van der Waals surface area contributed by atoms with E-state index in [2.05, 4.69) is 0 Å². The predicted molar refractivity (Wildman–Crippen MR) is 85.5 cm³/mol. The van der Waals surface area contributed by atoms with Gasteiger partial charge in [0.25, 0.3) is 0 Å². The highest BCUT2D eigenvalue weighted by molar-refractivity contribution is 8.00. The summed E-state index contributed by atoms with van der Waals surface area (Å²) in [4.78, 5) is 14.0. The Morgan fingerprint density at radius 2 is 2.05 bits per heavy atom. The molecule has 1 atom stereocenters. The zero-order valence-electron chi connectivity index (χ0n) is 12.5. The number of thioether (sulfide) groups is 1. The highest BCUT2D eigenvalue weighted by Crippen LogP contribution is 2.39. The lowest BCUT2D eigenvalue weighted by atomic mass is 10.1. The Balaban J connectivity index is 1.97. The number of aliphatic hydroxyl groups is 1. The zero-order chi connectivity index (χ0) is 15.1. The van der Waals surface area contributed by atoms with E-state index in [1.54, 1.807) is 11.8 Å². The van der Waals surface area contributed by atoms with E-state index in [-0.39, 0.29) is 17.9 Å². The van der Waals surface area contributed by atoms with Gasteiger partial charge in [-0.15, -0.1) is 11.8 Å². The van der Waals surface area contributed by atoms with E-state index in [0.29, 0.717) is 12.4 Å². The van der Waals surface area contributed by atoms with E-state index >= 15 is 0 Å². The lowest BCUT2D eigenvalue weighted by molar-refractivity contribution is -0.128. The second-order valence-corrected chi connectivity index (χ2v) is 6.11. The molecule has 4 nitrogen and oxygen atoms in total. The molecule has 5 heteroatoms. The van der Waals surface area contributed by atoms with Crippen LogP contribution in [0.15, 0.2) is 24.3 Å². The lowest BCUT2D eigenvalue weighted by Gasteiger charge is -2.24. The Labute approximate surface area is 130 Å². The van der Waals surface area contributed by atoms with Crippen LogP contribution in [0, 0.1) is 0 Å². The molecule has 1 unspecified atom stereocenters. The third-order valence-corrected chi connectivity index (χ3v) is 4.76. The Hall–Kier alpha value is -1.20. The van der Waals surface area contributed by atoms with Gasteiger partial charge in [-0.05, 0) is 43.9 Å². The Morgan fingerprint density at radius 3 is 2.71 bits per heavy atom. The zero-order valence-corrected chi connectivity index (χ0v) is 13.3. The van der Waals surface area contributed by atoms with Gasteiger partial charge in [0.1, 0.15) is 11.1 Å². The lowest BCUT2D eigenvalue weighted by Crippen LogP contribution is -2.29. The Morgan fingerprint density at radius 1 is 1.29 bits per heavy atom. The van der Waals surface area contributed by atoms with Crippen molar-refractivity contribution in [1.82, 2.24) is 4.90 Å². The fraction of sp³-hybridized carbons (Fsp3) is 0.562. The maximum Gasteiger partial charge on any atom is 0.233 e. The number of hydrogen-bond acceptors (Lipinski definition) is 4. The smallest absolute Gasteiger partial charge is 0.233 e. The average molecular weight is 309 g/mol. The van der Waals surface area contributed by atoms with Gasteiger partial charge in [0.05, 0.1) is 12.4 Å². The second-order valence-electron chi connectivity index (χ2n) is 5.04. The van der Waals surface area contributed by atoms with Crippen molar-refractivity contribution in [2.45, 2.75) is 31.6 Å². The molecule has 1 aliphatic rings. The fourth-order valence-electron chi connectivity index (χ4n) is 2.44. The molecule has 2 rings (SSSR count). The highest BCUT2D eigenvalue weighted by Gasteiger charge is 2.32. The van der Waals surface area contributed by atoms with Crippen LogP contribution in [-0.4, -0.2) is 41.4 Å². The molecule has 0 spiro atoms. The maximum absolute atomic E-state index is 12.0. The number of benzene rings is 1. The van der Waals surface area contributed by atoms with Gasteiger partial charge in [-0.2, -0.15) is 0 Å². The average Bonchev–Trinajstić information content (AvgIpc) is 2.86. The number of aliphatic hydroxyl groups excluding tert-OH is 1. The minimum atomic E-state index is 0.113. The fourth-order valence-corrected chi connectivity index (χ4v) is 3.66. The first kappa shape index (κ1) is 16.2. The van der Waals surface area contributed by atoms with Crippen LogP contribution in [0.4, 0.5) is 0 Å². The molecular weight excluding hydrogens is 286 g/mol. The van der Waals surface area contributed by atoms with Crippen molar-refractivity contribution < 1.29 is 14.6 Å². The second kappa shape index (κ2) is 8.29. The normalized spacial score (nSPS) is 18.3. The van der Waals surface area contributed by atoms with Crippen molar-refractivity contribution in [3.63, 3.8) is 0 Å². The molecule has 1 heterocycles. The molecule has 0 aliphatic carbocycles. The summed E-state index contributed by atoms with van der Waals surface area (Å²) in [5.41, 5.74) is 1.15. The van der Waals surface area contributed by atoms with Crippen LogP contribution < -0.4 is 4.74 Å². The number of carbonyl (C=O) groups is 1. The summed E-state index contributed by atoms with van der Waals surface area (Å²) in [6, 6.07) is 8.02. The first-order valence-corrected chi connectivity index (χ1v) is 8.56. The first-order valence-electron chi connectivity index (χ1n) is 7.51. The molecule has 1 fully saturated rings. The van der Waals surface area contributed by atoms with Gasteiger partial charge in [-0.3, -0.25) is 4.79 Å². The SMILES string of the molecule is CCOc1ccc(C2SCC(=O)N2CCCCCO)cc1. The van der Waals surface area contributed by atoms with Crippen LogP contribution in [0.5, 0.6) is 5.75 Å². The molecule has 1 amide bonds. The van der Waals surface area contributed by atoms with Crippen LogP contribution in [-0.2, 0) is 4.79 Å². The number of carbonyl (C=O) groups excluding carboxylic acids is 1. The van der Waals surface area contributed by atoms with Gasteiger partial charge in [0, 0.05) is 13.2 Å². The minimum Gasteiger partial charge on any atom is -0.494 e. The van der Waals surface area contributed by atoms with Crippen molar-refractivity contribution >= 4 is 17.7 Å². The summed E-state index contributed by atoms with van der Waals surface area (Å²) < 4.78 is 5.45. The molecule has 116 valence electrons. The molecule has 1 aromatic carbocycles. The third-order valence-electron chi connectivity index (χ3n) is 3.50. The molecule has 21 heavy (non-hydrogen) atoms. The van der Waals surface area contributed by atoms with E-state index in [4.69, 9.17) is 9.84 Å². The molecule has 0 aromatic heterocycles. The summed E-state index contributed by atoms with van der Waals surface area (Å²) in [7, 11) is 0. The summed E-state index contributed by atoms with van der Waals surface area (Å²) in [6.07, 6.45) is 2.71. The molecule has 1 N–H and O–H groups in total. The highest BCUT2D eigenvalue weighted by atomic mass is 32.2. The van der Waals surface area contributed by atoms with E-state index < -0.39 is 0 Å². The number of unbranched alkanes of at least 4 members (excludes halogenated alkanes) is 2. The quantitative estimate of drug-likeness (QED) is 0.750. The molecule has 0 bridgehead atoms. The van der Waals surface area contributed by atoms with Crippen molar-refractivity contribution in [3.05, 3.63) is 29.8 Å². The number of rotatable bonds is 8. The number of hydrogen-bond donors (Lipinski definition) is 1. The van der Waals surface area contributed by atoms with E-state index in [0.717, 1.165) is 37.1 Å². The van der Waals surface area contributed by atoms with Crippen molar-refractivity contribution in [3.8, 4) is 5.75 Å². The monoisotopic (exact) mass is 309 g/mol. The van der Waals surface area contributed by atoms with Gasteiger partial charge in [0.15, 0.2) is 0 Å². The van der Waals surface area contributed by atoms with Gasteiger partial charge in [0.2, 0.25) is 5.91 Å². The maximum atomic E-state index is 12.0. The van der Waals surface area contributed by atoms with Gasteiger partial charge < -0.3 is 14.7 Å². The van der Waals surface area contributed by atoms with Crippen molar-refractivity contribution in [1.29, 1.82) is 0 Å². The van der Waals surface area contributed by atoms with Crippen LogP contribution >= 0.6 is 11.8 Å². The largest absolute Gasteiger partial charge is 0.494 e. The first-order chi connectivity index (χ1) is 10.3. The molecule has 0 saturated carbocycles. The number of ether oxygens (including phenoxy) is 1. The van der Waals surface area contributed by atoms with Crippen LogP contribution in [0.25, 0.3) is 0 Å². The Kier molecular flexibility index (Phi) is 6.39. The van der Waals surface area contributed by atoms with Crippen LogP contribution in [0.2, 0.25) is 0 Å². The molecule has 1 aromatic rings. The molecule has 1 saturated heterocycles. The van der Waals surface area contributed by atoms with Crippen LogP contribution in [0.1, 0.15) is 37.1 Å². The van der Waals surface area contributed by atoms with Crippen molar-refractivity contribution in [2.24, 2.45) is 0 Å². The van der Waals surface area contributed by atoms with Crippen LogP contribution in [0.3, 0.4) is 0 Å². The van der Waals surface area contributed by atoms with Crippen molar-refractivity contribution in [2.75, 3.05) is 25.5 Å². The van der Waals surface area contributed by atoms with E-state index in [9.17, 15) is 4.79 Å². The van der Waals surface area contributed by atoms with E-state index in [1.165, 1.54) is 0 Å². The molecule has 1 aliphatic heterocycles. The number of amides is 1. The van der Waals surface area contributed by atoms with E-state index in [1.807, 2.05) is 36.1 Å². The summed E-state index contributed by atoms with van der Waals surface area (Å²) in [5, 5.41) is 8.93. The Bertz CT molecular complexity index is 449. The standard InChI is InChI=1S/C16H23NO3S/c1-2-20-14-8-6-13(7-9-14)16-17(15(19)12-21-16)10-4-3-5-11-18/h6-9,16,18H,2-5,10-12H2,1H3. The van der Waals surface area contributed by atoms with Gasteiger partial charge in [-0.1, -0.05) is 12.1 Å². The van der Waals surface area contributed by atoms with Gasteiger partial charge in [-0.25, -0.2) is 0 Å². The summed E-state index contributed by atoms with van der Waals surface area (Å²) >= 11 is 1.68. The summed E-state index contributed by atoms with van der Waals surface area (Å²) in [5.74, 6) is 1.63. The van der Waals surface area contributed by atoms with Gasteiger partial charge >= 0.3 is 0 Å². The topological polar surface area (TPSA) is 49.8 Å². The number of nitrogens with zero attached hydrogens (tertiary/aromatic N) is 1. The summed E-state index contributed by atoms with van der Waals surface area (Å²) in [6.45, 7) is 3.62. The molecular formula is C16H23NO3S. The molecule has 0 radical (unpaired) electrons. The predicted octanol–water partition coefficient (Wildman–Crippen LogP) is 2.82. The minimum absolute atomic E-state index is 0.113.